The van der Waals surface area contributed by atoms with Gasteiger partial charge in [0.25, 0.3) is 5.91 Å². The second-order valence-electron chi connectivity index (χ2n) is 9.91. The first kappa shape index (κ1) is 29.5. The Morgan fingerprint density at radius 1 is 0.977 bits per heavy atom. The second-order valence-corrected chi connectivity index (χ2v) is 12.1. The first-order chi connectivity index (χ1) is 21.0. The van der Waals surface area contributed by atoms with Crippen LogP contribution in [0.1, 0.15) is 21.9 Å². The number of anilines is 2. The minimum atomic E-state index is -4.80. The minimum absolute atomic E-state index is 0.280. The van der Waals surface area contributed by atoms with Crippen molar-refractivity contribution < 1.29 is 37.0 Å². The number of nitrogens with one attached hydrogen (secondary N) is 2. The van der Waals surface area contributed by atoms with E-state index >= 15 is 0 Å². The Morgan fingerprint density at radius 2 is 1.73 bits per heavy atom. The van der Waals surface area contributed by atoms with Gasteiger partial charge in [-0.1, -0.05) is 47.4 Å². The lowest BCUT2D eigenvalue weighted by atomic mass is 9.83. The van der Waals surface area contributed by atoms with Crippen LogP contribution in [0.4, 0.5) is 24.5 Å². The molecule has 1 fully saturated rings. The average Bonchev–Trinajstić information content (AvgIpc) is 3.50. The van der Waals surface area contributed by atoms with E-state index in [9.17, 15) is 32.3 Å². The van der Waals surface area contributed by atoms with Gasteiger partial charge in [-0.05, 0) is 54.1 Å². The molecule has 2 N–H and O–H groups in total. The van der Waals surface area contributed by atoms with E-state index in [1.54, 1.807) is 48.5 Å². The number of aromatic amines is 1. The van der Waals surface area contributed by atoms with E-state index in [0.717, 1.165) is 35.2 Å². The first-order valence-electron chi connectivity index (χ1n) is 13.2. The number of alkyl halides is 3. The van der Waals surface area contributed by atoms with E-state index in [4.69, 9.17) is 9.47 Å². The van der Waals surface area contributed by atoms with Crippen LogP contribution in [0, 0.1) is 5.92 Å². The number of carbonyl (C=O) groups is 3. The van der Waals surface area contributed by atoms with Crippen molar-refractivity contribution >= 4 is 52.2 Å². The minimum Gasteiger partial charge on any atom is -0.497 e. The van der Waals surface area contributed by atoms with Crippen LogP contribution in [0.5, 0.6) is 11.5 Å². The van der Waals surface area contributed by atoms with E-state index in [1.807, 2.05) is 0 Å². The molecular formula is C30H22F3N3O6S2. The number of rotatable bonds is 7. The predicted molar refractivity (Wildman–Crippen MR) is 157 cm³/mol. The van der Waals surface area contributed by atoms with Gasteiger partial charge < -0.3 is 19.8 Å². The SMILES string of the molecule is COc1ccc(NC(=O)COc2cccc([C@@H]3c4sc(=O)[nH]c4S[C@H]4C(=O)N(c5ccccc5C(F)(F)F)C(=O)[C@@H]34)c2)cc1. The largest absolute Gasteiger partial charge is 0.497 e. The number of halogens is 3. The van der Waals surface area contributed by atoms with Gasteiger partial charge in [-0.25, -0.2) is 4.90 Å². The number of hydrogen-bond donors (Lipinski definition) is 2. The van der Waals surface area contributed by atoms with Gasteiger partial charge in [-0.3, -0.25) is 19.2 Å². The molecule has 3 aromatic carbocycles. The fourth-order valence-electron chi connectivity index (χ4n) is 5.34. The van der Waals surface area contributed by atoms with Crippen LogP contribution in [0.15, 0.2) is 82.6 Å². The van der Waals surface area contributed by atoms with Crippen molar-refractivity contribution in [1.82, 2.24) is 4.98 Å². The molecule has 3 heterocycles. The third kappa shape index (κ3) is 5.46. The lowest BCUT2D eigenvalue weighted by molar-refractivity contribution is -0.137. The molecule has 2 aliphatic heterocycles. The number of fused-ring (bicyclic) bond motifs is 2. The van der Waals surface area contributed by atoms with Crippen LogP contribution >= 0.6 is 23.1 Å². The summed E-state index contributed by atoms with van der Waals surface area (Å²) in [7, 11) is 1.53. The molecule has 9 nitrogen and oxygen atoms in total. The van der Waals surface area contributed by atoms with E-state index < -0.39 is 57.1 Å². The highest BCUT2D eigenvalue weighted by Gasteiger charge is 2.57. The number of H-pyrrole nitrogens is 1. The van der Waals surface area contributed by atoms with Gasteiger partial charge in [0.1, 0.15) is 16.7 Å². The maximum Gasteiger partial charge on any atom is 0.418 e. The Labute approximate surface area is 256 Å². The monoisotopic (exact) mass is 641 g/mol. The van der Waals surface area contributed by atoms with Crippen LogP contribution < -0.4 is 24.6 Å². The van der Waals surface area contributed by atoms with Crippen molar-refractivity contribution in [2.45, 2.75) is 22.4 Å². The van der Waals surface area contributed by atoms with Crippen LogP contribution in [-0.4, -0.2) is 41.7 Å². The number of imide groups is 1. The Balaban J connectivity index is 1.29. The molecule has 3 atom stereocenters. The molecule has 6 rings (SSSR count). The number of ether oxygens (including phenoxy) is 2. The van der Waals surface area contributed by atoms with E-state index in [2.05, 4.69) is 10.3 Å². The Hall–Kier alpha value is -4.56. The molecule has 4 aromatic rings. The molecule has 0 saturated carbocycles. The van der Waals surface area contributed by atoms with Gasteiger partial charge in [0, 0.05) is 16.5 Å². The first-order valence-corrected chi connectivity index (χ1v) is 14.8. The molecule has 2 aliphatic rings. The maximum atomic E-state index is 13.9. The smallest absolute Gasteiger partial charge is 0.418 e. The molecule has 0 radical (unpaired) electrons. The van der Waals surface area contributed by atoms with Gasteiger partial charge in [0.2, 0.25) is 11.8 Å². The van der Waals surface area contributed by atoms with Crippen molar-refractivity contribution in [2.24, 2.45) is 5.92 Å². The highest BCUT2D eigenvalue weighted by molar-refractivity contribution is 8.00. The Kier molecular flexibility index (Phi) is 7.72. The summed E-state index contributed by atoms with van der Waals surface area (Å²) in [6.07, 6.45) is -4.80. The topological polar surface area (TPSA) is 118 Å². The number of nitrogens with zero attached hydrogens (tertiary/aromatic N) is 1. The van der Waals surface area contributed by atoms with E-state index in [0.29, 0.717) is 31.8 Å². The quantitative estimate of drug-likeness (QED) is 0.264. The normalized spacial score (nSPS) is 19.4. The summed E-state index contributed by atoms with van der Waals surface area (Å²) in [5, 5.41) is 2.01. The highest BCUT2D eigenvalue weighted by Crippen LogP contribution is 2.54. The maximum absolute atomic E-state index is 13.9. The van der Waals surface area contributed by atoms with Crippen molar-refractivity contribution in [2.75, 3.05) is 23.9 Å². The van der Waals surface area contributed by atoms with Crippen LogP contribution in [0.3, 0.4) is 0 Å². The molecule has 1 aromatic heterocycles. The number of thiazole rings is 1. The highest BCUT2D eigenvalue weighted by atomic mass is 32.2. The zero-order valence-electron chi connectivity index (χ0n) is 22.7. The summed E-state index contributed by atoms with van der Waals surface area (Å²) >= 11 is 1.83. The Morgan fingerprint density at radius 3 is 2.45 bits per heavy atom. The molecule has 0 spiro atoms. The Bertz CT molecular complexity index is 1820. The lowest BCUT2D eigenvalue weighted by Gasteiger charge is -2.30. The summed E-state index contributed by atoms with van der Waals surface area (Å²) in [5.74, 6) is -3.06. The van der Waals surface area contributed by atoms with Crippen LogP contribution in [-0.2, 0) is 20.6 Å². The second kappa shape index (κ2) is 11.5. The van der Waals surface area contributed by atoms with Crippen molar-refractivity contribution in [1.29, 1.82) is 0 Å². The summed E-state index contributed by atoms with van der Waals surface area (Å²) in [6, 6.07) is 17.7. The predicted octanol–water partition coefficient (Wildman–Crippen LogP) is 5.28. The fourth-order valence-corrected chi connectivity index (χ4v) is 7.86. The number of methoxy groups -OCH3 is 1. The third-order valence-electron chi connectivity index (χ3n) is 7.24. The fraction of sp³-hybridized carbons (Fsp3) is 0.200. The van der Waals surface area contributed by atoms with Crippen molar-refractivity contribution in [3.05, 3.63) is 98.5 Å². The molecule has 3 amide bonds. The number of aromatic nitrogens is 1. The van der Waals surface area contributed by atoms with Crippen LogP contribution in [0.2, 0.25) is 0 Å². The average molecular weight is 642 g/mol. The van der Waals surface area contributed by atoms with Gasteiger partial charge in [-0.15, -0.1) is 0 Å². The number of amides is 3. The standard InChI is InChI=1S/C30H22F3N3O6S2/c1-41-17-11-9-16(10-12-17)34-21(37)14-42-18-6-4-5-15(13-18)22-23-25(43-26-24(22)44-29(40)35-26)28(39)36(27(23)38)20-8-3-2-7-19(20)30(31,32)33/h2-13,22-23,25H,14H2,1H3,(H,34,37)(H,35,40)/t22-,23-,25+/m0/s1. The van der Waals surface area contributed by atoms with Crippen molar-refractivity contribution in [3.8, 4) is 11.5 Å². The van der Waals surface area contributed by atoms with Gasteiger partial charge in [0.05, 0.1) is 29.3 Å². The summed E-state index contributed by atoms with van der Waals surface area (Å²) in [6.45, 7) is -0.343. The third-order valence-corrected chi connectivity index (χ3v) is 9.64. The molecule has 226 valence electrons. The summed E-state index contributed by atoms with van der Waals surface area (Å²) < 4.78 is 52.4. The number of hydrogen-bond acceptors (Lipinski definition) is 8. The molecule has 0 bridgehead atoms. The molecule has 44 heavy (non-hydrogen) atoms. The van der Waals surface area contributed by atoms with Gasteiger partial charge >= 0.3 is 11.0 Å². The zero-order valence-corrected chi connectivity index (χ0v) is 24.3. The number of carbonyl (C=O) groups excluding carboxylic acids is 3. The lowest BCUT2D eigenvalue weighted by Crippen LogP contribution is -2.33. The number of thioether (sulfide) groups is 1. The van der Waals surface area contributed by atoms with Crippen molar-refractivity contribution in [3.63, 3.8) is 0 Å². The molecule has 0 unspecified atom stereocenters. The van der Waals surface area contributed by atoms with E-state index in [-0.39, 0.29) is 12.4 Å². The zero-order chi connectivity index (χ0) is 31.2. The molecule has 1 saturated heterocycles. The van der Waals surface area contributed by atoms with Gasteiger partial charge in [-0.2, -0.15) is 13.2 Å². The molecule has 0 aliphatic carbocycles. The molecule has 14 heteroatoms. The number of para-hydroxylation sites is 1. The van der Waals surface area contributed by atoms with Crippen LogP contribution in [0.25, 0.3) is 0 Å². The summed E-state index contributed by atoms with van der Waals surface area (Å²) in [5.41, 5.74) is -0.610. The molecular weight excluding hydrogens is 619 g/mol. The van der Waals surface area contributed by atoms with E-state index in [1.165, 1.54) is 19.2 Å². The number of benzene rings is 3. The van der Waals surface area contributed by atoms with Gasteiger partial charge in [0.15, 0.2) is 6.61 Å². The summed E-state index contributed by atoms with van der Waals surface area (Å²) in [4.78, 5) is 55.8.